The normalized spacial score (nSPS) is 11.9. The lowest BCUT2D eigenvalue weighted by molar-refractivity contribution is -0.117. The maximum Gasteiger partial charge on any atom is 0.154 e. The van der Waals surface area contributed by atoms with Crippen LogP contribution in [0.4, 0.5) is 0 Å². The van der Waals surface area contributed by atoms with Crippen molar-refractivity contribution < 1.29 is 14.6 Å². The smallest absolute Gasteiger partial charge is 0.154 e. The first-order valence-corrected chi connectivity index (χ1v) is 6.23. The van der Waals surface area contributed by atoms with Crippen LogP contribution in [0.5, 0.6) is 0 Å². The highest BCUT2D eigenvalue weighted by atomic mass is 16.6. The number of aliphatic hydroxyl groups excluding tert-OH is 1. The average molecular weight is 232 g/mol. The predicted molar refractivity (Wildman–Crippen MR) is 67.3 cm³/mol. The standard InChI is InChI=1S/C7H14O.C6H14O2/c1-6(2)4-5-7(3)8;1-3-5-8-6(7)4-2/h6H,4-5H2,1-3H3;6-7H,3-5H2,1-2H3. The maximum atomic E-state index is 10.3. The van der Waals surface area contributed by atoms with E-state index in [2.05, 4.69) is 13.8 Å². The molecule has 3 heteroatoms. The third-order valence-electron chi connectivity index (χ3n) is 1.94. The minimum absolute atomic E-state index is 0.304. The van der Waals surface area contributed by atoms with Crippen LogP contribution in [-0.2, 0) is 9.53 Å². The van der Waals surface area contributed by atoms with Gasteiger partial charge in [-0.2, -0.15) is 0 Å². The lowest BCUT2D eigenvalue weighted by atomic mass is 10.1. The summed E-state index contributed by atoms with van der Waals surface area (Å²) in [7, 11) is 0. The third-order valence-corrected chi connectivity index (χ3v) is 1.94. The lowest BCUT2D eigenvalue weighted by Gasteiger charge is -2.06. The number of carbonyl (C=O) groups excluding carboxylic acids is 1. The van der Waals surface area contributed by atoms with Crippen LogP contribution >= 0.6 is 0 Å². The first-order chi connectivity index (χ1) is 7.43. The summed E-state index contributed by atoms with van der Waals surface area (Å²) in [5.41, 5.74) is 0. The van der Waals surface area contributed by atoms with Crippen molar-refractivity contribution in [1.29, 1.82) is 0 Å². The summed E-state index contributed by atoms with van der Waals surface area (Å²) >= 11 is 0. The van der Waals surface area contributed by atoms with Gasteiger partial charge in [0.05, 0.1) is 0 Å². The van der Waals surface area contributed by atoms with Crippen molar-refractivity contribution in [2.24, 2.45) is 5.92 Å². The van der Waals surface area contributed by atoms with Crippen LogP contribution in [-0.4, -0.2) is 23.8 Å². The van der Waals surface area contributed by atoms with Gasteiger partial charge in [-0.1, -0.05) is 27.7 Å². The first-order valence-electron chi connectivity index (χ1n) is 6.23. The van der Waals surface area contributed by atoms with Crippen molar-refractivity contribution in [3.63, 3.8) is 0 Å². The molecule has 0 heterocycles. The van der Waals surface area contributed by atoms with Crippen LogP contribution in [0.3, 0.4) is 0 Å². The predicted octanol–water partition coefficient (Wildman–Crippen LogP) is 3.15. The summed E-state index contributed by atoms with van der Waals surface area (Å²) in [4.78, 5) is 10.3. The second kappa shape index (κ2) is 12.7. The number of hydrogen-bond acceptors (Lipinski definition) is 3. The maximum absolute atomic E-state index is 10.3. The molecule has 0 rings (SSSR count). The zero-order valence-corrected chi connectivity index (χ0v) is 11.5. The highest BCUT2D eigenvalue weighted by Crippen LogP contribution is 2.02. The van der Waals surface area contributed by atoms with Gasteiger partial charge in [0.25, 0.3) is 0 Å². The highest BCUT2D eigenvalue weighted by molar-refractivity contribution is 5.75. The molecule has 0 aromatic rings. The van der Waals surface area contributed by atoms with Gasteiger partial charge in [0.2, 0.25) is 0 Å². The third kappa shape index (κ3) is 19.2. The number of rotatable bonds is 7. The molecule has 98 valence electrons. The Morgan fingerprint density at radius 1 is 1.31 bits per heavy atom. The molecule has 16 heavy (non-hydrogen) atoms. The van der Waals surface area contributed by atoms with Crippen LogP contribution in [0.25, 0.3) is 0 Å². The number of aliphatic hydroxyl groups is 1. The minimum Gasteiger partial charge on any atom is -0.368 e. The fourth-order valence-electron chi connectivity index (χ4n) is 0.864. The molecular weight excluding hydrogens is 204 g/mol. The second-order valence-corrected chi connectivity index (χ2v) is 4.37. The molecule has 1 atom stereocenters. The van der Waals surface area contributed by atoms with Crippen molar-refractivity contribution >= 4 is 5.78 Å². The SMILES string of the molecule is CC(=O)CCC(C)C.CCCOC(O)CC. The fourth-order valence-corrected chi connectivity index (χ4v) is 0.864. The summed E-state index contributed by atoms with van der Waals surface area (Å²) in [6, 6.07) is 0. The molecule has 0 saturated carbocycles. The van der Waals surface area contributed by atoms with E-state index in [1.54, 1.807) is 6.92 Å². The molecule has 0 aliphatic rings. The Labute approximate surface area is 100 Å². The molecule has 3 nitrogen and oxygen atoms in total. The van der Waals surface area contributed by atoms with Crippen molar-refractivity contribution in [2.45, 2.75) is 66.6 Å². The molecule has 0 fully saturated rings. The summed E-state index contributed by atoms with van der Waals surface area (Å²) in [5.74, 6) is 0.970. The minimum atomic E-state index is -0.546. The summed E-state index contributed by atoms with van der Waals surface area (Å²) in [5, 5.41) is 8.77. The van der Waals surface area contributed by atoms with E-state index in [-0.39, 0.29) is 0 Å². The Balaban J connectivity index is 0. The Morgan fingerprint density at radius 2 is 1.88 bits per heavy atom. The molecule has 1 N–H and O–H groups in total. The molecule has 0 saturated heterocycles. The average Bonchev–Trinajstić information content (AvgIpc) is 2.23. The summed E-state index contributed by atoms with van der Waals surface area (Å²) in [6.07, 6.45) is 2.89. The van der Waals surface area contributed by atoms with E-state index in [4.69, 9.17) is 9.84 Å². The van der Waals surface area contributed by atoms with Crippen LogP contribution < -0.4 is 0 Å². The van der Waals surface area contributed by atoms with E-state index in [9.17, 15) is 4.79 Å². The molecule has 0 radical (unpaired) electrons. The molecule has 0 bridgehead atoms. The topological polar surface area (TPSA) is 46.5 Å². The van der Waals surface area contributed by atoms with Gasteiger partial charge < -0.3 is 14.6 Å². The van der Waals surface area contributed by atoms with Crippen LogP contribution in [0.15, 0.2) is 0 Å². The monoisotopic (exact) mass is 232 g/mol. The molecule has 0 aromatic carbocycles. The molecule has 1 unspecified atom stereocenters. The van der Waals surface area contributed by atoms with E-state index < -0.39 is 6.29 Å². The van der Waals surface area contributed by atoms with Gasteiger partial charge in [0, 0.05) is 13.0 Å². The van der Waals surface area contributed by atoms with E-state index in [0.717, 1.165) is 19.3 Å². The van der Waals surface area contributed by atoms with E-state index >= 15 is 0 Å². The first kappa shape index (κ1) is 18.0. The quantitative estimate of drug-likeness (QED) is 0.686. The van der Waals surface area contributed by atoms with Gasteiger partial charge in [-0.3, -0.25) is 0 Å². The number of hydrogen-bond donors (Lipinski definition) is 1. The Morgan fingerprint density at radius 3 is 2.12 bits per heavy atom. The number of ketones is 1. The van der Waals surface area contributed by atoms with Gasteiger partial charge in [-0.05, 0) is 32.1 Å². The molecule has 0 spiro atoms. The van der Waals surface area contributed by atoms with Crippen LogP contribution in [0, 0.1) is 5.92 Å². The van der Waals surface area contributed by atoms with Crippen LogP contribution in [0.2, 0.25) is 0 Å². The molecule has 0 aromatic heterocycles. The summed E-state index contributed by atoms with van der Waals surface area (Å²) in [6.45, 7) is 10.5. The summed E-state index contributed by atoms with van der Waals surface area (Å²) < 4.78 is 4.90. The number of carbonyl (C=O) groups is 1. The van der Waals surface area contributed by atoms with Gasteiger partial charge >= 0.3 is 0 Å². The zero-order valence-electron chi connectivity index (χ0n) is 11.5. The van der Waals surface area contributed by atoms with E-state index in [0.29, 0.717) is 24.7 Å². The fraction of sp³-hybridized carbons (Fsp3) is 0.923. The molecule has 0 aliphatic carbocycles. The van der Waals surface area contributed by atoms with Crippen molar-refractivity contribution in [2.75, 3.05) is 6.61 Å². The zero-order chi connectivity index (χ0) is 13.0. The molecule has 0 amide bonds. The Bertz CT molecular complexity index is 155. The molecular formula is C13H28O3. The number of ether oxygens (including phenoxy) is 1. The van der Waals surface area contributed by atoms with Crippen molar-refractivity contribution in [1.82, 2.24) is 0 Å². The lowest BCUT2D eigenvalue weighted by Crippen LogP contribution is -2.10. The van der Waals surface area contributed by atoms with Crippen molar-refractivity contribution in [3.05, 3.63) is 0 Å². The van der Waals surface area contributed by atoms with Crippen LogP contribution in [0.1, 0.15) is 60.3 Å². The van der Waals surface area contributed by atoms with Gasteiger partial charge in [-0.25, -0.2) is 0 Å². The van der Waals surface area contributed by atoms with Crippen molar-refractivity contribution in [3.8, 4) is 0 Å². The Kier molecular flexibility index (Phi) is 14.2. The van der Waals surface area contributed by atoms with Gasteiger partial charge in [0.1, 0.15) is 5.78 Å². The highest BCUT2D eigenvalue weighted by Gasteiger charge is 1.96. The molecule has 0 aliphatic heterocycles. The van der Waals surface area contributed by atoms with E-state index in [1.807, 2.05) is 13.8 Å². The largest absolute Gasteiger partial charge is 0.368 e. The van der Waals surface area contributed by atoms with E-state index in [1.165, 1.54) is 0 Å². The number of Topliss-reactive ketones (excluding diaryl/α,β-unsaturated/α-hetero) is 1. The Hall–Kier alpha value is -0.410. The van der Waals surface area contributed by atoms with Gasteiger partial charge in [0.15, 0.2) is 6.29 Å². The second-order valence-electron chi connectivity index (χ2n) is 4.37. The van der Waals surface area contributed by atoms with Gasteiger partial charge in [-0.15, -0.1) is 0 Å².